The molecule has 2 aromatic carbocycles. The Morgan fingerprint density at radius 2 is 1.91 bits per heavy atom. The van der Waals surface area contributed by atoms with Crippen molar-refractivity contribution in [2.75, 3.05) is 0 Å². The van der Waals surface area contributed by atoms with Crippen molar-refractivity contribution in [1.29, 1.82) is 0 Å². The quantitative estimate of drug-likeness (QED) is 0.801. The normalized spacial score (nSPS) is 10.8. The number of hydrogen-bond acceptors (Lipinski definition) is 2. The summed E-state index contributed by atoms with van der Waals surface area (Å²) in [5.41, 5.74) is 1.99. The third-order valence-corrected chi connectivity index (χ3v) is 3.59. The van der Waals surface area contributed by atoms with Gasteiger partial charge in [-0.25, -0.2) is 9.18 Å². The van der Waals surface area contributed by atoms with E-state index in [1.54, 1.807) is 30.3 Å². The molecule has 112 valence electrons. The minimum atomic E-state index is -0.952. The van der Waals surface area contributed by atoms with Crippen LogP contribution in [0.5, 0.6) is 5.75 Å². The molecular formula is C17H14FNO3. The third-order valence-electron chi connectivity index (χ3n) is 3.59. The van der Waals surface area contributed by atoms with Crippen LogP contribution in [0.3, 0.4) is 0 Å². The zero-order valence-electron chi connectivity index (χ0n) is 11.9. The average Bonchev–Trinajstić information content (AvgIpc) is 2.83. The van der Waals surface area contributed by atoms with Gasteiger partial charge in [0, 0.05) is 18.0 Å². The number of hydrogen-bond donors (Lipinski definition) is 1. The van der Waals surface area contributed by atoms with Crippen molar-refractivity contribution in [3.8, 4) is 5.75 Å². The number of rotatable bonds is 4. The highest BCUT2D eigenvalue weighted by molar-refractivity contribution is 5.93. The van der Waals surface area contributed by atoms with E-state index in [2.05, 4.69) is 0 Å². The lowest BCUT2D eigenvalue weighted by atomic mass is 10.1. The van der Waals surface area contributed by atoms with Crippen LogP contribution in [0.2, 0.25) is 0 Å². The van der Waals surface area contributed by atoms with Crippen molar-refractivity contribution >= 4 is 16.9 Å². The van der Waals surface area contributed by atoms with E-state index < -0.39 is 5.97 Å². The molecule has 3 rings (SSSR count). The van der Waals surface area contributed by atoms with Gasteiger partial charge in [0.15, 0.2) is 0 Å². The summed E-state index contributed by atoms with van der Waals surface area (Å²) in [4.78, 5) is 11.0. The molecule has 0 spiro atoms. The van der Waals surface area contributed by atoms with Crippen LogP contribution < -0.4 is 4.74 Å². The maximum atomic E-state index is 12.8. The maximum Gasteiger partial charge on any atom is 0.335 e. The van der Waals surface area contributed by atoms with Crippen molar-refractivity contribution in [2.45, 2.75) is 6.61 Å². The molecule has 1 aromatic heterocycles. The smallest absolute Gasteiger partial charge is 0.335 e. The fraction of sp³-hybridized carbons (Fsp3) is 0.118. The van der Waals surface area contributed by atoms with Crippen LogP contribution in [0.1, 0.15) is 16.1 Å². The van der Waals surface area contributed by atoms with Gasteiger partial charge in [0.1, 0.15) is 18.2 Å². The minimum Gasteiger partial charge on any atom is -0.487 e. The third kappa shape index (κ3) is 2.65. The zero-order chi connectivity index (χ0) is 15.7. The van der Waals surface area contributed by atoms with Crippen molar-refractivity contribution < 1.29 is 19.0 Å². The molecule has 0 saturated carbocycles. The van der Waals surface area contributed by atoms with Crippen molar-refractivity contribution in [3.05, 3.63) is 65.6 Å². The summed E-state index contributed by atoms with van der Waals surface area (Å²) in [6, 6.07) is 12.8. The fourth-order valence-electron chi connectivity index (χ4n) is 2.35. The lowest BCUT2D eigenvalue weighted by molar-refractivity contribution is 0.0697. The zero-order valence-corrected chi connectivity index (χ0v) is 11.9. The van der Waals surface area contributed by atoms with Gasteiger partial charge in [-0.05, 0) is 42.5 Å². The lowest BCUT2D eigenvalue weighted by Crippen LogP contribution is -2.02. The lowest BCUT2D eigenvalue weighted by Gasteiger charge is -2.07. The first kappa shape index (κ1) is 14.1. The van der Waals surface area contributed by atoms with E-state index >= 15 is 0 Å². The van der Waals surface area contributed by atoms with Crippen LogP contribution in [0, 0.1) is 5.82 Å². The number of carboxylic acid groups (broad SMARTS) is 1. The van der Waals surface area contributed by atoms with Crippen LogP contribution >= 0.6 is 0 Å². The highest BCUT2D eigenvalue weighted by Gasteiger charge is 2.10. The first-order valence-corrected chi connectivity index (χ1v) is 6.74. The SMILES string of the molecule is Cn1c(COc2ccc(F)cc2)cc2ccc(C(=O)O)cc21. The Balaban J connectivity index is 1.86. The van der Waals surface area contributed by atoms with E-state index in [-0.39, 0.29) is 11.4 Å². The second-order valence-corrected chi connectivity index (χ2v) is 5.02. The fourth-order valence-corrected chi connectivity index (χ4v) is 2.35. The van der Waals surface area contributed by atoms with Crippen LogP contribution in [0.25, 0.3) is 10.9 Å². The summed E-state index contributed by atoms with van der Waals surface area (Å²) in [5, 5.41) is 10.0. The molecule has 0 atom stereocenters. The highest BCUT2D eigenvalue weighted by Crippen LogP contribution is 2.22. The van der Waals surface area contributed by atoms with Gasteiger partial charge in [0.05, 0.1) is 11.3 Å². The molecule has 5 heteroatoms. The number of aryl methyl sites for hydroxylation is 1. The molecule has 0 unspecified atom stereocenters. The summed E-state index contributed by atoms with van der Waals surface area (Å²) in [5.74, 6) is -0.678. The molecule has 1 N–H and O–H groups in total. The van der Waals surface area contributed by atoms with E-state index in [0.29, 0.717) is 12.4 Å². The number of benzene rings is 2. The summed E-state index contributed by atoms with van der Waals surface area (Å²) in [6.45, 7) is 0.319. The second-order valence-electron chi connectivity index (χ2n) is 5.02. The first-order valence-electron chi connectivity index (χ1n) is 6.74. The summed E-state index contributed by atoms with van der Waals surface area (Å²) in [6.07, 6.45) is 0. The molecule has 3 aromatic rings. The summed E-state index contributed by atoms with van der Waals surface area (Å²) in [7, 11) is 1.86. The van der Waals surface area contributed by atoms with Gasteiger partial charge in [0.2, 0.25) is 0 Å². The molecule has 0 saturated heterocycles. The number of carboxylic acids is 1. The summed E-state index contributed by atoms with van der Waals surface area (Å²) < 4.78 is 20.4. The van der Waals surface area contributed by atoms with E-state index in [1.165, 1.54) is 12.1 Å². The molecule has 0 aliphatic carbocycles. The van der Waals surface area contributed by atoms with Crippen molar-refractivity contribution in [1.82, 2.24) is 4.57 Å². The van der Waals surface area contributed by atoms with Gasteiger partial charge >= 0.3 is 5.97 Å². The Kier molecular flexibility index (Phi) is 3.55. The average molecular weight is 299 g/mol. The van der Waals surface area contributed by atoms with Crippen LogP contribution in [0.15, 0.2) is 48.5 Å². The Labute approximate surface area is 126 Å². The standard InChI is InChI=1S/C17H14FNO3/c1-19-14(10-22-15-6-4-13(18)5-7-15)8-11-2-3-12(17(20)21)9-16(11)19/h2-9H,10H2,1H3,(H,20,21). The van der Waals surface area contributed by atoms with Crippen molar-refractivity contribution in [3.63, 3.8) is 0 Å². The number of ether oxygens (including phenoxy) is 1. The van der Waals surface area contributed by atoms with Crippen LogP contribution in [-0.4, -0.2) is 15.6 Å². The topological polar surface area (TPSA) is 51.5 Å². The van der Waals surface area contributed by atoms with Gasteiger partial charge in [-0.15, -0.1) is 0 Å². The summed E-state index contributed by atoms with van der Waals surface area (Å²) >= 11 is 0. The number of fused-ring (bicyclic) bond motifs is 1. The Bertz CT molecular complexity index is 837. The van der Waals surface area contributed by atoms with Crippen molar-refractivity contribution in [2.24, 2.45) is 7.05 Å². The number of aromatic nitrogens is 1. The monoisotopic (exact) mass is 299 g/mol. The van der Waals surface area contributed by atoms with E-state index in [1.807, 2.05) is 17.7 Å². The largest absolute Gasteiger partial charge is 0.487 e. The van der Waals surface area contributed by atoms with E-state index in [9.17, 15) is 9.18 Å². The van der Waals surface area contributed by atoms with Crippen LogP contribution in [-0.2, 0) is 13.7 Å². The van der Waals surface area contributed by atoms with Gasteiger partial charge in [-0.3, -0.25) is 0 Å². The molecule has 0 fully saturated rings. The second kappa shape index (κ2) is 5.52. The number of halogens is 1. The number of carbonyl (C=O) groups is 1. The molecule has 22 heavy (non-hydrogen) atoms. The molecule has 0 amide bonds. The molecule has 0 aliphatic heterocycles. The van der Waals surface area contributed by atoms with Gasteiger partial charge in [0.25, 0.3) is 0 Å². The predicted molar refractivity (Wildman–Crippen MR) is 80.6 cm³/mol. The highest BCUT2D eigenvalue weighted by atomic mass is 19.1. The van der Waals surface area contributed by atoms with Gasteiger partial charge in [-0.1, -0.05) is 6.07 Å². The Morgan fingerprint density at radius 1 is 1.18 bits per heavy atom. The number of aromatic carboxylic acids is 1. The molecule has 0 aliphatic rings. The van der Waals surface area contributed by atoms with Gasteiger partial charge < -0.3 is 14.4 Å². The minimum absolute atomic E-state index is 0.250. The Hall–Kier alpha value is -2.82. The predicted octanol–water partition coefficient (Wildman–Crippen LogP) is 3.59. The molecule has 1 heterocycles. The van der Waals surface area contributed by atoms with Gasteiger partial charge in [-0.2, -0.15) is 0 Å². The molecular weight excluding hydrogens is 285 g/mol. The molecule has 4 nitrogen and oxygen atoms in total. The van der Waals surface area contributed by atoms with E-state index in [0.717, 1.165) is 16.6 Å². The maximum absolute atomic E-state index is 12.8. The number of nitrogens with zero attached hydrogens (tertiary/aromatic N) is 1. The van der Waals surface area contributed by atoms with E-state index in [4.69, 9.17) is 9.84 Å². The molecule has 0 bridgehead atoms. The first-order chi connectivity index (χ1) is 10.5. The Morgan fingerprint density at radius 3 is 2.59 bits per heavy atom. The van der Waals surface area contributed by atoms with Crippen LogP contribution in [0.4, 0.5) is 4.39 Å². The molecule has 0 radical (unpaired) electrons.